The molecule has 0 saturated carbocycles. The van der Waals surface area contributed by atoms with Crippen molar-refractivity contribution >= 4 is 19.3 Å². The van der Waals surface area contributed by atoms with Gasteiger partial charge in [-0.25, -0.2) is 5.26 Å². The second-order valence-electron chi connectivity index (χ2n) is 11.6. The Kier molecular flexibility index (Phi) is 28.9. The van der Waals surface area contributed by atoms with E-state index in [0.29, 0.717) is 25.7 Å². The molecule has 0 aromatic carbocycles. The first-order chi connectivity index (χ1) is 20.3. The molecule has 248 valence electrons. The first-order valence-corrected chi connectivity index (χ1v) is 19.0. The molecule has 1 atom stereocenters. The highest BCUT2D eigenvalue weighted by Gasteiger charge is 2.17. The van der Waals surface area contributed by atoms with Crippen LogP contribution >= 0.6 is 7.37 Å². The van der Waals surface area contributed by atoms with Crippen molar-refractivity contribution in [2.45, 2.75) is 142 Å². The average Bonchev–Trinajstić information content (AvgIpc) is 2.96. The summed E-state index contributed by atoms with van der Waals surface area (Å²) < 4.78 is 16.3. The van der Waals surface area contributed by atoms with E-state index in [4.69, 9.17) is 15.2 Å². The molecule has 0 heterocycles. The fourth-order valence-corrected chi connectivity index (χ4v) is 5.48. The van der Waals surface area contributed by atoms with Gasteiger partial charge in [0.05, 0.1) is 0 Å². The number of hydroxylamine groups is 1. The van der Waals surface area contributed by atoms with Crippen LogP contribution < -0.4 is 5.48 Å². The van der Waals surface area contributed by atoms with E-state index in [1.807, 2.05) is 0 Å². The lowest BCUT2D eigenvalue weighted by atomic mass is 10.1. The molecule has 9 nitrogen and oxygen atoms in total. The Bertz CT molecular complexity index is 721. The van der Waals surface area contributed by atoms with Crippen LogP contribution in [0.15, 0.2) is 12.2 Å². The van der Waals surface area contributed by atoms with E-state index >= 15 is 0 Å². The van der Waals surface area contributed by atoms with Crippen molar-refractivity contribution in [2.75, 3.05) is 39.0 Å². The lowest BCUT2D eigenvalue weighted by Gasteiger charge is -2.23. The molecular formula is C32H63N2O7P. The van der Waals surface area contributed by atoms with Crippen LogP contribution in [0.1, 0.15) is 142 Å². The Morgan fingerprint density at radius 3 is 1.81 bits per heavy atom. The molecule has 0 aliphatic rings. The number of carbonyl (C=O) groups excluding carboxylic acids is 1. The third kappa shape index (κ3) is 30.2. The van der Waals surface area contributed by atoms with Crippen molar-refractivity contribution < 1.29 is 34.0 Å². The summed E-state index contributed by atoms with van der Waals surface area (Å²) in [7, 11) is -2.95. The molecule has 0 amide bonds. The Balaban J connectivity index is 3.85. The monoisotopic (exact) mass is 618 g/mol. The summed E-state index contributed by atoms with van der Waals surface area (Å²) in [5.41, 5.74) is 2.77. The Morgan fingerprint density at radius 2 is 1.26 bits per heavy atom. The lowest BCUT2D eigenvalue weighted by Crippen LogP contribution is -2.29. The minimum atomic E-state index is -2.95. The van der Waals surface area contributed by atoms with Crippen molar-refractivity contribution in [3.05, 3.63) is 12.2 Å². The van der Waals surface area contributed by atoms with E-state index in [-0.39, 0.29) is 12.4 Å². The molecule has 0 aliphatic heterocycles. The molecule has 0 bridgehead atoms. The molecule has 10 heteroatoms. The third-order valence-electron chi connectivity index (χ3n) is 7.46. The maximum Gasteiger partial charge on any atom is 0.324 e. The number of rotatable bonds is 32. The van der Waals surface area contributed by atoms with Crippen LogP contribution in [0, 0.1) is 0 Å². The summed E-state index contributed by atoms with van der Waals surface area (Å²) in [4.78, 5) is 29.8. The minimum absolute atomic E-state index is 0.180. The van der Waals surface area contributed by atoms with E-state index in [1.165, 1.54) is 32.3 Å². The first kappa shape index (κ1) is 40.8. The van der Waals surface area contributed by atoms with Crippen LogP contribution in [0.5, 0.6) is 0 Å². The number of carbonyl (C=O) groups is 2. The van der Waals surface area contributed by atoms with Crippen LogP contribution in [0.4, 0.5) is 0 Å². The van der Waals surface area contributed by atoms with E-state index in [0.717, 1.165) is 109 Å². The summed E-state index contributed by atoms with van der Waals surface area (Å²) >= 11 is 0. The third-order valence-corrected chi connectivity index (χ3v) is 8.81. The second-order valence-corrected chi connectivity index (χ2v) is 14.3. The fourth-order valence-electron chi connectivity index (χ4n) is 4.76. The molecule has 0 aromatic heterocycles. The number of allylic oxidation sites excluding steroid dienone is 1. The van der Waals surface area contributed by atoms with Gasteiger partial charge < -0.3 is 14.8 Å². The first-order valence-electron chi connectivity index (χ1n) is 16.7. The van der Waals surface area contributed by atoms with E-state index in [1.54, 1.807) is 0 Å². The summed E-state index contributed by atoms with van der Waals surface area (Å²) in [6, 6.07) is 0. The molecule has 0 saturated heterocycles. The zero-order chi connectivity index (χ0) is 31.2. The SMILES string of the molecule is CCCCC/C=C\CCNOC(=O)CCCCCCCCCN(CCCCCCCCCC(=O)O)CCP(C)(=O)OO. The maximum absolute atomic E-state index is 12.1. The number of hydrogen-bond acceptors (Lipinski definition) is 8. The number of nitrogens with zero attached hydrogens (tertiary/aromatic N) is 1. The van der Waals surface area contributed by atoms with Crippen LogP contribution in [0.3, 0.4) is 0 Å². The maximum atomic E-state index is 12.1. The van der Waals surface area contributed by atoms with Gasteiger partial charge in [0.25, 0.3) is 0 Å². The predicted molar refractivity (Wildman–Crippen MR) is 172 cm³/mol. The van der Waals surface area contributed by atoms with Crippen LogP contribution in [0.2, 0.25) is 0 Å². The topological polar surface area (TPSA) is 125 Å². The van der Waals surface area contributed by atoms with Crippen molar-refractivity contribution in [3.63, 3.8) is 0 Å². The van der Waals surface area contributed by atoms with Gasteiger partial charge in [-0.2, -0.15) is 10.2 Å². The summed E-state index contributed by atoms with van der Waals surface area (Å²) in [5.74, 6) is -0.894. The molecule has 0 fully saturated rings. The van der Waals surface area contributed by atoms with Crippen molar-refractivity contribution in [1.82, 2.24) is 10.4 Å². The summed E-state index contributed by atoms with van der Waals surface area (Å²) in [6.45, 7) is 6.89. The Hall–Kier alpha value is -1.25. The molecule has 0 rings (SSSR count). The fraction of sp³-hybridized carbons (Fsp3) is 0.875. The predicted octanol–water partition coefficient (Wildman–Crippen LogP) is 8.59. The van der Waals surface area contributed by atoms with Gasteiger partial charge in [0.1, 0.15) is 0 Å². The van der Waals surface area contributed by atoms with Gasteiger partial charge in [-0.05, 0) is 58.0 Å². The zero-order valence-electron chi connectivity index (χ0n) is 26.9. The molecule has 0 spiro atoms. The van der Waals surface area contributed by atoms with Gasteiger partial charge in [-0.3, -0.25) is 14.2 Å². The largest absolute Gasteiger partial charge is 0.481 e. The van der Waals surface area contributed by atoms with Gasteiger partial charge in [0.2, 0.25) is 7.37 Å². The number of carboxylic acid groups (broad SMARTS) is 1. The highest BCUT2D eigenvalue weighted by atomic mass is 31.2. The number of unbranched alkanes of at least 4 members (excludes halogenated alkanes) is 15. The normalized spacial score (nSPS) is 13.1. The van der Waals surface area contributed by atoms with Gasteiger partial charge in [-0.1, -0.05) is 96.1 Å². The minimum Gasteiger partial charge on any atom is -0.481 e. The van der Waals surface area contributed by atoms with E-state index in [9.17, 15) is 14.2 Å². The molecule has 1 unspecified atom stereocenters. The highest BCUT2D eigenvalue weighted by molar-refractivity contribution is 7.58. The highest BCUT2D eigenvalue weighted by Crippen LogP contribution is 2.40. The van der Waals surface area contributed by atoms with Gasteiger partial charge in [0, 0.05) is 38.8 Å². The molecule has 42 heavy (non-hydrogen) atoms. The van der Waals surface area contributed by atoms with Gasteiger partial charge in [0.15, 0.2) is 0 Å². The summed E-state index contributed by atoms with van der Waals surface area (Å²) in [5, 5.41) is 17.6. The number of hydrogen-bond donors (Lipinski definition) is 3. The van der Waals surface area contributed by atoms with Crippen molar-refractivity contribution in [3.8, 4) is 0 Å². The Labute approximate surface area is 256 Å². The molecule has 3 N–H and O–H groups in total. The number of aliphatic carboxylic acids is 1. The van der Waals surface area contributed by atoms with Crippen LogP contribution in [0.25, 0.3) is 0 Å². The van der Waals surface area contributed by atoms with Crippen molar-refractivity contribution in [1.29, 1.82) is 0 Å². The molecule has 0 radical (unpaired) electrons. The summed E-state index contributed by atoms with van der Waals surface area (Å²) in [6.07, 6.45) is 26.1. The standard InChI is InChI=1S/C32H63N2O7P/c1-3-4-5-6-11-16-21-26-33-40-32(37)25-20-15-10-8-13-18-23-28-34(29-30-42(2,39)41-38)27-22-17-12-7-9-14-19-24-31(35)36/h11,16,33,38H,3-10,12-15,17-30H2,1-2H3,(H,35,36)/b16-11-. The zero-order valence-corrected chi connectivity index (χ0v) is 27.8. The molecule has 0 aromatic rings. The van der Waals surface area contributed by atoms with E-state index < -0.39 is 13.3 Å². The van der Waals surface area contributed by atoms with Crippen molar-refractivity contribution in [2.24, 2.45) is 0 Å². The molecule has 0 aliphatic carbocycles. The Morgan fingerprint density at radius 1 is 0.738 bits per heavy atom. The van der Waals surface area contributed by atoms with Crippen LogP contribution in [-0.4, -0.2) is 66.2 Å². The van der Waals surface area contributed by atoms with Gasteiger partial charge >= 0.3 is 11.9 Å². The number of nitrogens with one attached hydrogen (secondary N) is 1. The second kappa shape index (κ2) is 29.8. The average molecular weight is 619 g/mol. The van der Waals surface area contributed by atoms with Gasteiger partial charge in [-0.15, -0.1) is 0 Å². The van der Waals surface area contributed by atoms with Crippen LogP contribution in [-0.2, 0) is 23.7 Å². The quantitative estimate of drug-likeness (QED) is 0.0223. The smallest absolute Gasteiger partial charge is 0.324 e. The van der Waals surface area contributed by atoms with E-state index in [2.05, 4.69) is 34.1 Å². The lowest BCUT2D eigenvalue weighted by molar-refractivity contribution is -0.151. The molecular weight excluding hydrogens is 555 g/mol. The number of carboxylic acids is 1.